The van der Waals surface area contributed by atoms with Gasteiger partial charge in [-0.2, -0.15) is 10.4 Å². The Hall–Kier alpha value is -3.19. The van der Waals surface area contributed by atoms with Crippen molar-refractivity contribution < 1.29 is 4.79 Å². The van der Waals surface area contributed by atoms with Crippen molar-refractivity contribution in [1.82, 2.24) is 9.78 Å². The summed E-state index contributed by atoms with van der Waals surface area (Å²) in [5.74, 6) is -0.411. The van der Waals surface area contributed by atoms with E-state index < -0.39 is 5.91 Å². The van der Waals surface area contributed by atoms with Gasteiger partial charge in [0, 0.05) is 5.69 Å². The molecule has 1 heterocycles. The maximum absolute atomic E-state index is 12.6. The first-order chi connectivity index (χ1) is 11.1. The summed E-state index contributed by atoms with van der Waals surface area (Å²) in [6.45, 7) is 3.61. The number of carbonyl (C=O) groups excluding carboxylic acids is 1. The molecule has 0 aliphatic heterocycles. The maximum Gasteiger partial charge on any atom is 0.289 e. The highest BCUT2D eigenvalue weighted by Gasteiger charge is 2.15. The Labute approximate surface area is 134 Å². The molecule has 2 aromatic carbocycles. The Morgan fingerprint density at radius 2 is 1.91 bits per heavy atom. The molecule has 0 bridgehead atoms. The zero-order valence-corrected chi connectivity index (χ0v) is 12.9. The third-order valence-electron chi connectivity index (χ3n) is 3.68. The molecule has 3 aromatic rings. The van der Waals surface area contributed by atoms with Crippen molar-refractivity contribution >= 4 is 22.8 Å². The van der Waals surface area contributed by atoms with Crippen molar-refractivity contribution in [2.45, 2.75) is 13.8 Å². The fourth-order valence-corrected chi connectivity index (χ4v) is 2.62. The second-order valence-corrected chi connectivity index (χ2v) is 5.38. The first kappa shape index (κ1) is 14.7. The van der Waals surface area contributed by atoms with Gasteiger partial charge < -0.3 is 0 Å². The molecule has 4 heteroatoms. The summed E-state index contributed by atoms with van der Waals surface area (Å²) >= 11 is 0. The minimum Gasteiger partial charge on any atom is -0.266 e. The van der Waals surface area contributed by atoms with E-state index in [0.29, 0.717) is 5.69 Å². The lowest BCUT2D eigenvalue weighted by Gasteiger charge is -2.04. The van der Waals surface area contributed by atoms with Crippen LogP contribution in [-0.2, 0) is 0 Å². The summed E-state index contributed by atoms with van der Waals surface area (Å²) in [6, 6.07) is 17.5. The number of hydrogen-bond acceptors (Lipinski definition) is 3. The van der Waals surface area contributed by atoms with Crippen LogP contribution >= 0.6 is 0 Å². The number of nitrogens with zero attached hydrogens (tertiary/aromatic N) is 3. The molecule has 0 spiro atoms. The van der Waals surface area contributed by atoms with Gasteiger partial charge in [0.2, 0.25) is 0 Å². The molecule has 3 rings (SSSR count). The maximum atomic E-state index is 12.6. The minimum absolute atomic E-state index is 0.0625. The van der Waals surface area contributed by atoms with E-state index in [9.17, 15) is 10.1 Å². The Bertz CT molecular complexity index is 968. The van der Waals surface area contributed by atoms with Crippen LogP contribution in [0, 0.1) is 25.2 Å². The van der Waals surface area contributed by atoms with E-state index in [-0.39, 0.29) is 5.57 Å². The second-order valence-electron chi connectivity index (χ2n) is 5.38. The molecule has 0 saturated heterocycles. The molecule has 0 saturated carbocycles. The van der Waals surface area contributed by atoms with Crippen LogP contribution in [0.15, 0.2) is 54.1 Å². The zero-order valence-electron chi connectivity index (χ0n) is 12.9. The molecule has 0 atom stereocenters. The lowest BCUT2D eigenvalue weighted by atomic mass is 10.0. The van der Waals surface area contributed by atoms with Crippen LogP contribution in [0.1, 0.15) is 21.7 Å². The number of allylic oxidation sites excluding steroid dienone is 1. The standard InChI is InChI=1S/C19H15N3O/c1-13-10-14(2)22(21-13)19(23)17(12-20)11-16-8-5-7-15-6-3-4-9-18(15)16/h3-11H,1-2H3/b17-11+. The van der Waals surface area contributed by atoms with Gasteiger partial charge in [-0.1, -0.05) is 42.5 Å². The summed E-state index contributed by atoms with van der Waals surface area (Å²) in [6.07, 6.45) is 1.63. The normalized spacial score (nSPS) is 11.4. The van der Waals surface area contributed by atoms with E-state index >= 15 is 0 Å². The lowest BCUT2D eigenvalue weighted by Crippen LogP contribution is -2.15. The first-order valence-electron chi connectivity index (χ1n) is 7.27. The Balaban J connectivity index is 2.10. The quantitative estimate of drug-likeness (QED) is 0.533. The number of aryl methyl sites for hydroxylation is 2. The van der Waals surface area contributed by atoms with Gasteiger partial charge in [0.25, 0.3) is 5.91 Å². The van der Waals surface area contributed by atoms with Crippen molar-refractivity contribution in [3.8, 4) is 6.07 Å². The van der Waals surface area contributed by atoms with Gasteiger partial charge in [0.05, 0.1) is 5.69 Å². The number of aromatic nitrogens is 2. The average molecular weight is 301 g/mol. The molecule has 0 fully saturated rings. The second kappa shape index (κ2) is 5.90. The zero-order chi connectivity index (χ0) is 16.4. The van der Waals surface area contributed by atoms with Crippen LogP contribution < -0.4 is 0 Å². The van der Waals surface area contributed by atoms with Gasteiger partial charge >= 0.3 is 0 Å². The predicted molar refractivity (Wildman–Crippen MR) is 89.9 cm³/mol. The van der Waals surface area contributed by atoms with E-state index in [2.05, 4.69) is 5.10 Å². The van der Waals surface area contributed by atoms with Crippen molar-refractivity contribution in [2.75, 3.05) is 0 Å². The molecule has 0 aliphatic carbocycles. The summed E-state index contributed by atoms with van der Waals surface area (Å²) in [4.78, 5) is 12.6. The third kappa shape index (κ3) is 2.77. The van der Waals surface area contributed by atoms with E-state index in [1.165, 1.54) is 4.68 Å². The summed E-state index contributed by atoms with van der Waals surface area (Å²) in [5, 5.41) is 15.6. The van der Waals surface area contributed by atoms with Crippen LogP contribution in [0.4, 0.5) is 0 Å². The Morgan fingerprint density at radius 3 is 2.61 bits per heavy atom. The van der Waals surface area contributed by atoms with Gasteiger partial charge in [-0.25, -0.2) is 4.68 Å². The van der Waals surface area contributed by atoms with E-state index in [4.69, 9.17) is 0 Å². The molecular formula is C19H15N3O. The number of fused-ring (bicyclic) bond motifs is 1. The topological polar surface area (TPSA) is 58.7 Å². The minimum atomic E-state index is -0.411. The average Bonchev–Trinajstić information content (AvgIpc) is 2.90. The fourth-order valence-electron chi connectivity index (χ4n) is 2.62. The molecular weight excluding hydrogens is 286 g/mol. The number of hydrogen-bond donors (Lipinski definition) is 0. The van der Waals surface area contributed by atoms with Crippen molar-refractivity contribution in [3.63, 3.8) is 0 Å². The van der Waals surface area contributed by atoms with Crippen LogP contribution in [0.25, 0.3) is 16.8 Å². The smallest absolute Gasteiger partial charge is 0.266 e. The van der Waals surface area contributed by atoms with Crippen molar-refractivity contribution in [1.29, 1.82) is 5.26 Å². The molecule has 0 aliphatic rings. The van der Waals surface area contributed by atoms with Gasteiger partial charge in [-0.3, -0.25) is 4.79 Å². The van der Waals surface area contributed by atoms with Crippen molar-refractivity contribution in [2.24, 2.45) is 0 Å². The fraction of sp³-hybridized carbons (Fsp3) is 0.105. The molecule has 4 nitrogen and oxygen atoms in total. The lowest BCUT2D eigenvalue weighted by molar-refractivity contribution is 0.0944. The highest BCUT2D eigenvalue weighted by atomic mass is 16.2. The predicted octanol–water partition coefficient (Wildman–Crippen LogP) is 3.90. The summed E-state index contributed by atoms with van der Waals surface area (Å²) < 4.78 is 1.27. The van der Waals surface area contributed by atoms with Gasteiger partial charge in [0.1, 0.15) is 11.6 Å². The number of carbonyl (C=O) groups is 1. The molecule has 0 unspecified atom stereocenters. The van der Waals surface area contributed by atoms with Crippen molar-refractivity contribution in [3.05, 3.63) is 71.1 Å². The molecule has 23 heavy (non-hydrogen) atoms. The van der Waals surface area contributed by atoms with Crippen LogP contribution in [-0.4, -0.2) is 15.7 Å². The van der Waals surface area contributed by atoms with Gasteiger partial charge in [-0.15, -0.1) is 0 Å². The van der Waals surface area contributed by atoms with E-state index in [1.54, 1.807) is 13.0 Å². The Morgan fingerprint density at radius 1 is 1.17 bits per heavy atom. The van der Waals surface area contributed by atoms with Crippen LogP contribution in [0.2, 0.25) is 0 Å². The monoisotopic (exact) mass is 301 g/mol. The number of rotatable bonds is 2. The SMILES string of the molecule is Cc1cc(C)n(C(=O)/C(C#N)=C/c2cccc3ccccc23)n1. The third-order valence-corrected chi connectivity index (χ3v) is 3.68. The molecule has 112 valence electrons. The van der Waals surface area contributed by atoms with Gasteiger partial charge in [-0.05, 0) is 42.3 Å². The van der Waals surface area contributed by atoms with Crippen LogP contribution in [0.3, 0.4) is 0 Å². The van der Waals surface area contributed by atoms with Crippen LogP contribution in [0.5, 0.6) is 0 Å². The highest BCUT2D eigenvalue weighted by Crippen LogP contribution is 2.21. The van der Waals surface area contributed by atoms with E-state index in [1.807, 2.05) is 61.5 Å². The number of nitriles is 1. The molecule has 1 aromatic heterocycles. The number of benzene rings is 2. The first-order valence-corrected chi connectivity index (χ1v) is 7.27. The highest BCUT2D eigenvalue weighted by molar-refractivity contribution is 6.05. The summed E-state index contributed by atoms with van der Waals surface area (Å²) in [5.41, 5.74) is 2.37. The summed E-state index contributed by atoms with van der Waals surface area (Å²) in [7, 11) is 0. The molecule has 0 N–H and O–H groups in total. The molecule has 0 radical (unpaired) electrons. The van der Waals surface area contributed by atoms with Gasteiger partial charge in [0.15, 0.2) is 0 Å². The van der Waals surface area contributed by atoms with E-state index in [0.717, 1.165) is 22.0 Å². The Kier molecular flexibility index (Phi) is 3.78. The molecule has 0 amide bonds. The largest absolute Gasteiger partial charge is 0.289 e.